The third-order valence-electron chi connectivity index (χ3n) is 5.89. The molecule has 0 aliphatic rings. The van der Waals surface area contributed by atoms with Crippen molar-refractivity contribution in [3.63, 3.8) is 0 Å². The standard InChI is InChI=1S/C26H29N5O4/c1-6-11-29-24(34)19-10-9-18(23(33)27-15(2)3)13-21(19)31-25(29)28-30(26(31)35)14-22(32)20-12-16(4)7-8-17(20)5/h7-10,12-13,15H,6,11,14H2,1-5H3,(H,27,33). The molecule has 0 saturated carbocycles. The van der Waals surface area contributed by atoms with Gasteiger partial charge in [-0.1, -0.05) is 24.6 Å². The van der Waals surface area contributed by atoms with Crippen molar-refractivity contribution in [3.8, 4) is 0 Å². The molecule has 0 unspecified atom stereocenters. The Bertz CT molecular complexity index is 1590. The third kappa shape index (κ3) is 4.41. The Morgan fingerprint density at radius 3 is 2.49 bits per heavy atom. The number of ketones is 1. The topological polar surface area (TPSA) is 107 Å². The van der Waals surface area contributed by atoms with Crippen LogP contribution in [-0.2, 0) is 13.1 Å². The van der Waals surface area contributed by atoms with Crippen molar-refractivity contribution < 1.29 is 9.59 Å². The molecular weight excluding hydrogens is 446 g/mol. The van der Waals surface area contributed by atoms with E-state index in [2.05, 4.69) is 10.4 Å². The number of hydrogen-bond donors (Lipinski definition) is 1. The summed E-state index contributed by atoms with van der Waals surface area (Å²) in [5.74, 6) is -0.412. The number of rotatable bonds is 7. The van der Waals surface area contributed by atoms with E-state index in [1.165, 1.54) is 15.0 Å². The van der Waals surface area contributed by atoms with Gasteiger partial charge in [-0.2, -0.15) is 0 Å². The van der Waals surface area contributed by atoms with E-state index in [0.29, 0.717) is 29.5 Å². The van der Waals surface area contributed by atoms with Gasteiger partial charge in [0.05, 0.1) is 10.9 Å². The number of aryl methyl sites for hydroxylation is 3. The molecule has 35 heavy (non-hydrogen) atoms. The van der Waals surface area contributed by atoms with Gasteiger partial charge in [-0.05, 0) is 63.9 Å². The first-order valence-corrected chi connectivity index (χ1v) is 11.7. The summed E-state index contributed by atoms with van der Waals surface area (Å²) in [6.07, 6.45) is 0.651. The summed E-state index contributed by atoms with van der Waals surface area (Å²) in [6.45, 7) is 9.45. The largest absolute Gasteiger partial charge is 0.352 e. The van der Waals surface area contributed by atoms with Crippen molar-refractivity contribution in [1.82, 2.24) is 24.1 Å². The average molecular weight is 476 g/mol. The van der Waals surface area contributed by atoms with Crippen molar-refractivity contribution in [2.45, 2.75) is 60.2 Å². The van der Waals surface area contributed by atoms with Crippen LogP contribution in [0.1, 0.15) is 59.0 Å². The number of hydrogen-bond acceptors (Lipinski definition) is 5. The monoisotopic (exact) mass is 475 g/mol. The van der Waals surface area contributed by atoms with Gasteiger partial charge < -0.3 is 5.32 Å². The minimum atomic E-state index is -0.546. The fourth-order valence-electron chi connectivity index (χ4n) is 4.19. The van der Waals surface area contributed by atoms with E-state index in [0.717, 1.165) is 15.8 Å². The maximum absolute atomic E-state index is 13.5. The van der Waals surface area contributed by atoms with Crippen LogP contribution in [0.2, 0.25) is 0 Å². The van der Waals surface area contributed by atoms with E-state index in [-0.39, 0.29) is 41.1 Å². The smallest absolute Gasteiger partial charge is 0.350 e. The highest BCUT2D eigenvalue weighted by Crippen LogP contribution is 2.16. The number of benzene rings is 2. The lowest BCUT2D eigenvalue weighted by Gasteiger charge is -2.11. The van der Waals surface area contributed by atoms with Crippen LogP contribution < -0.4 is 16.6 Å². The summed E-state index contributed by atoms with van der Waals surface area (Å²) in [6, 6.07) is 10.2. The lowest BCUT2D eigenvalue weighted by molar-refractivity contribution is 0.0940. The third-order valence-corrected chi connectivity index (χ3v) is 5.89. The van der Waals surface area contributed by atoms with Gasteiger partial charge in [-0.15, -0.1) is 5.10 Å². The fraction of sp³-hybridized carbons (Fsp3) is 0.346. The molecule has 2 aromatic carbocycles. The first-order chi connectivity index (χ1) is 16.6. The van der Waals surface area contributed by atoms with Crippen molar-refractivity contribution in [1.29, 1.82) is 0 Å². The minimum Gasteiger partial charge on any atom is -0.350 e. The normalized spacial score (nSPS) is 11.5. The highest BCUT2D eigenvalue weighted by Gasteiger charge is 2.21. The summed E-state index contributed by atoms with van der Waals surface area (Å²) in [5, 5.41) is 7.51. The molecule has 182 valence electrons. The van der Waals surface area contributed by atoms with Gasteiger partial charge in [0.25, 0.3) is 11.5 Å². The highest BCUT2D eigenvalue weighted by atomic mass is 16.2. The van der Waals surface area contributed by atoms with Crippen molar-refractivity contribution in [2.24, 2.45) is 0 Å². The molecule has 0 atom stereocenters. The number of nitrogens with one attached hydrogen (secondary N) is 1. The molecule has 0 saturated heterocycles. The average Bonchev–Trinajstić information content (AvgIpc) is 3.13. The molecule has 2 heterocycles. The second kappa shape index (κ2) is 9.32. The van der Waals surface area contributed by atoms with Crippen LogP contribution in [0.25, 0.3) is 16.7 Å². The van der Waals surface area contributed by atoms with Gasteiger partial charge in [0.2, 0.25) is 5.78 Å². The molecule has 9 nitrogen and oxygen atoms in total. The van der Waals surface area contributed by atoms with Gasteiger partial charge in [0.1, 0.15) is 6.54 Å². The molecule has 0 spiro atoms. The Morgan fingerprint density at radius 2 is 1.80 bits per heavy atom. The zero-order valence-electron chi connectivity index (χ0n) is 20.6. The number of Topliss-reactive ketones (excluding diaryl/α,β-unsaturated/α-hetero) is 1. The minimum absolute atomic E-state index is 0.0719. The lowest BCUT2D eigenvalue weighted by atomic mass is 10.0. The van der Waals surface area contributed by atoms with Crippen LogP contribution in [0.3, 0.4) is 0 Å². The zero-order chi connectivity index (χ0) is 25.4. The molecule has 0 fully saturated rings. The van der Waals surface area contributed by atoms with E-state index < -0.39 is 5.69 Å². The molecule has 1 amide bonds. The summed E-state index contributed by atoms with van der Waals surface area (Å²) < 4.78 is 3.84. The Labute approximate surface area is 202 Å². The van der Waals surface area contributed by atoms with E-state index in [9.17, 15) is 19.2 Å². The predicted octanol–water partition coefficient (Wildman–Crippen LogP) is 2.86. The van der Waals surface area contributed by atoms with E-state index >= 15 is 0 Å². The summed E-state index contributed by atoms with van der Waals surface area (Å²) in [7, 11) is 0. The predicted molar refractivity (Wildman–Crippen MR) is 134 cm³/mol. The zero-order valence-corrected chi connectivity index (χ0v) is 20.6. The number of fused-ring (bicyclic) bond motifs is 3. The Balaban J connectivity index is 1.93. The summed E-state index contributed by atoms with van der Waals surface area (Å²) >= 11 is 0. The van der Waals surface area contributed by atoms with Gasteiger partial charge in [0, 0.05) is 23.7 Å². The summed E-state index contributed by atoms with van der Waals surface area (Å²) in [4.78, 5) is 52.4. The van der Waals surface area contributed by atoms with Crippen LogP contribution in [-0.4, -0.2) is 36.5 Å². The van der Waals surface area contributed by atoms with Gasteiger partial charge >= 0.3 is 5.69 Å². The fourth-order valence-corrected chi connectivity index (χ4v) is 4.19. The highest BCUT2D eigenvalue weighted by molar-refractivity contribution is 5.98. The first kappa shape index (κ1) is 24.1. The molecule has 0 aliphatic heterocycles. The van der Waals surface area contributed by atoms with Gasteiger partial charge in [-0.25, -0.2) is 13.9 Å². The Hall–Kier alpha value is -4.01. The Morgan fingerprint density at radius 1 is 1.06 bits per heavy atom. The van der Waals surface area contributed by atoms with E-state index in [4.69, 9.17) is 0 Å². The second-order valence-corrected chi connectivity index (χ2v) is 9.13. The van der Waals surface area contributed by atoms with Gasteiger partial charge in [0.15, 0.2) is 5.78 Å². The van der Waals surface area contributed by atoms with Crippen LogP contribution in [0.15, 0.2) is 46.0 Å². The van der Waals surface area contributed by atoms with E-state index in [1.807, 2.05) is 46.8 Å². The number of aromatic nitrogens is 4. The van der Waals surface area contributed by atoms with Crippen LogP contribution >= 0.6 is 0 Å². The molecule has 0 aliphatic carbocycles. The van der Waals surface area contributed by atoms with Crippen molar-refractivity contribution >= 4 is 28.4 Å². The SMILES string of the molecule is CCCn1c(=O)c2ccc(C(=O)NC(C)C)cc2n2c(=O)n(CC(=O)c3cc(C)ccc3C)nc12. The molecule has 1 N–H and O–H groups in total. The number of carbonyl (C=O) groups excluding carboxylic acids is 2. The first-order valence-electron chi connectivity index (χ1n) is 11.7. The van der Waals surface area contributed by atoms with Crippen LogP contribution in [0.4, 0.5) is 0 Å². The molecular formula is C26H29N5O4. The molecule has 2 aromatic heterocycles. The quantitative estimate of drug-likeness (QED) is 0.414. The van der Waals surface area contributed by atoms with Crippen molar-refractivity contribution in [2.75, 3.05) is 0 Å². The molecule has 4 aromatic rings. The number of carbonyl (C=O) groups is 2. The van der Waals surface area contributed by atoms with Crippen molar-refractivity contribution in [3.05, 3.63) is 79.5 Å². The molecule has 0 bridgehead atoms. The lowest BCUT2D eigenvalue weighted by Crippen LogP contribution is -2.31. The Kier molecular flexibility index (Phi) is 6.43. The summed E-state index contributed by atoms with van der Waals surface area (Å²) in [5.41, 5.74) is 2.04. The second-order valence-electron chi connectivity index (χ2n) is 9.13. The molecule has 0 radical (unpaired) electrons. The van der Waals surface area contributed by atoms with Gasteiger partial charge in [-0.3, -0.25) is 19.0 Å². The maximum Gasteiger partial charge on any atom is 0.352 e. The van der Waals surface area contributed by atoms with E-state index in [1.54, 1.807) is 18.2 Å². The van der Waals surface area contributed by atoms with Crippen LogP contribution in [0.5, 0.6) is 0 Å². The molecule has 9 heteroatoms. The number of nitrogens with zero attached hydrogens (tertiary/aromatic N) is 4. The van der Waals surface area contributed by atoms with Crippen LogP contribution in [0, 0.1) is 13.8 Å². The maximum atomic E-state index is 13.5. The number of amides is 1. The molecule has 4 rings (SSSR count).